The van der Waals surface area contributed by atoms with Gasteiger partial charge in [0.15, 0.2) is 0 Å². The van der Waals surface area contributed by atoms with E-state index in [9.17, 15) is 22.9 Å². The normalized spacial score (nSPS) is 13.0. The van der Waals surface area contributed by atoms with Gasteiger partial charge < -0.3 is 10.2 Å². The second kappa shape index (κ2) is 16.0. The number of rotatable bonds is 18. The number of aliphatic hydroxyl groups excluding tert-OH is 1. The quantitative estimate of drug-likeness (QED) is 0.152. The molecule has 0 saturated heterocycles. The number of aliphatic hydroxyl groups is 1. The minimum atomic E-state index is -4.17. The lowest BCUT2D eigenvalue weighted by molar-refractivity contribution is -0.137. The van der Waals surface area contributed by atoms with E-state index in [4.69, 9.17) is 5.11 Å². The molecule has 0 bridgehead atoms. The number of benzene rings is 1. The third kappa shape index (κ3) is 14.1. The predicted molar refractivity (Wildman–Crippen MR) is 123 cm³/mol. The summed E-state index contributed by atoms with van der Waals surface area (Å²) in [4.78, 5) is 10.4. The highest BCUT2D eigenvalue weighted by Gasteiger charge is 2.13. The van der Waals surface area contributed by atoms with Gasteiger partial charge in [-0.1, -0.05) is 68.9 Å². The van der Waals surface area contributed by atoms with Gasteiger partial charge in [0.2, 0.25) is 0 Å². The summed E-state index contributed by atoms with van der Waals surface area (Å²) in [7, 11) is -4.17. The van der Waals surface area contributed by atoms with Crippen molar-refractivity contribution in [3.8, 4) is 0 Å². The van der Waals surface area contributed by atoms with E-state index >= 15 is 0 Å². The van der Waals surface area contributed by atoms with Gasteiger partial charge in [-0.25, -0.2) is 0 Å². The van der Waals surface area contributed by atoms with Crippen molar-refractivity contribution in [3.63, 3.8) is 0 Å². The molecule has 6 nitrogen and oxygen atoms in total. The van der Waals surface area contributed by atoms with E-state index in [2.05, 4.69) is 6.08 Å². The fourth-order valence-corrected chi connectivity index (χ4v) is 4.32. The molecule has 0 spiro atoms. The first-order chi connectivity index (χ1) is 14.8. The maximum atomic E-state index is 11.4. The van der Waals surface area contributed by atoms with Gasteiger partial charge in [0, 0.05) is 6.42 Å². The van der Waals surface area contributed by atoms with Crippen LogP contribution in [0.5, 0.6) is 0 Å². The van der Waals surface area contributed by atoms with E-state index in [1.54, 1.807) is 18.2 Å². The summed E-state index contributed by atoms with van der Waals surface area (Å²) in [5.74, 6) is -0.719. The molecule has 0 saturated carbocycles. The Kier molecular flexibility index (Phi) is 14.1. The first-order valence-corrected chi connectivity index (χ1v) is 12.8. The van der Waals surface area contributed by atoms with E-state index in [0.29, 0.717) is 18.4 Å². The Morgan fingerprint density at radius 2 is 1.55 bits per heavy atom. The molecule has 31 heavy (non-hydrogen) atoms. The Labute approximate surface area is 187 Å². The fourth-order valence-electron chi connectivity index (χ4n) is 3.57. The zero-order chi connectivity index (χ0) is 23.0. The number of unbranched alkanes of at least 4 members (excludes halogenated alkanes) is 8. The molecule has 1 aromatic carbocycles. The van der Waals surface area contributed by atoms with Crippen LogP contribution in [0.2, 0.25) is 0 Å². The maximum Gasteiger partial charge on any atom is 0.303 e. The summed E-state index contributed by atoms with van der Waals surface area (Å²) in [5.41, 5.74) is 0.649. The van der Waals surface area contributed by atoms with E-state index in [0.717, 1.165) is 70.6 Å². The number of carbonyl (C=O) groups is 1. The SMILES string of the molecule is O=C(O)CCCCCCCC=CC[C@H](O)CCCCCCc1ccccc1S(=O)(=O)O. The summed E-state index contributed by atoms with van der Waals surface area (Å²) in [6.45, 7) is 0. The minimum absolute atomic E-state index is 0.00426. The van der Waals surface area contributed by atoms with Crippen molar-refractivity contribution in [2.45, 2.75) is 101 Å². The fraction of sp³-hybridized carbons (Fsp3) is 0.625. The molecule has 0 aliphatic rings. The van der Waals surface area contributed by atoms with Gasteiger partial charge in [-0.3, -0.25) is 9.35 Å². The van der Waals surface area contributed by atoms with Crippen LogP contribution in [0.4, 0.5) is 0 Å². The molecular weight excluding hydrogens is 416 g/mol. The van der Waals surface area contributed by atoms with Crippen molar-refractivity contribution >= 4 is 16.1 Å². The summed E-state index contributed by atoms with van der Waals surface area (Å²) in [6, 6.07) is 6.54. The van der Waals surface area contributed by atoms with Crippen LogP contribution >= 0.6 is 0 Å². The van der Waals surface area contributed by atoms with Gasteiger partial charge in [-0.15, -0.1) is 0 Å². The van der Waals surface area contributed by atoms with Crippen molar-refractivity contribution < 1.29 is 28.0 Å². The van der Waals surface area contributed by atoms with Crippen molar-refractivity contribution in [2.24, 2.45) is 0 Å². The number of carboxylic acid groups (broad SMARTS) is 1. The third-order valence-electron chi connectivity index (χ3n) is 5.32. The van der Waals surface area contributed by atoms with Gasteiger partial charge in [0.25, 0.3) is 10.1 Å². The Morgan fingerprint density at radius 3 is 2.29 bits per heavy atom. The number of aryl methyl sites for hydroxylation is 1. The van der Waals surface area contributed by atoms with Gasteiger partial charge in [0.1, 0.15) is 0 Å². The summed E-state index contributed by atoms with van der Waals surface area (Å²) >= 11 is 0. The zero-order valence-electron chi connectivity index (χ0n) is 18.4. The van der Waals surface area contributed by atoms with Crippen LogP contribution in [0.1, 0.15) is 89.0 Å². The molecule has 1 rings (SSSR count). The standard InChI is InChI=1S/C24H38O6S/c25-22(17-10-5-3-1-2-4-6-12-20-24(26)27)18-11-8-7-9-15-21-16-13-14-19-23(21)31(28,29)30/h5,10,13-14,16,19,22,25H,1-4,6-9,11-12,15,17-18,20H2,(H,26,27)(H,28,29,30)/t22-/m0/s1. The number of hydrogen-bond acceptors (Lipinski definition) is 4. The lowest BCUT2D eigenvalue weighted by Gasteiger charge is -2.09. The summed E-state index contributed by atoms with van der Waals surface area (Å²) < 4.78 is 32.0. The van der Waals surface area contributed by atoms with Crippen LogP contribution in [0.25, 0.3) is 0 Å². The second-order valence-electron chi connectivity index (χ2n) is 8.10. The van der Waals surface area contributed by atoms with Gasteiger partial charge >= 0.3 is 5.97 Å². The van der Waals surface area contributed by atoms with Crippen molar-refractivity contribution in [1.82, 2.24) is 0 Å². The maximum absolute atomic E-state index is 11.4. The number of carboxylic acids is 1. The first-order valence-electron chi connectivity index (χ1n) is 11.4. The van der Waals surface area contributed by atoms with E-state index in [1.165, 1.54) is 6.07 Å². The topological polar surface area (TPSA) is 112 Å². The van der Waals surface area contributed by atoms with Crippen LogP contribution < -0.4 is 0 Å². The molecular formula is C24H38O6S. The third-order valence-corrected chi connectivity index (χ3v) is 6.27. The summed E-state index contributed by atoms with van der Waals surface area (Å²) in [6.07, 6.45) is 15.9. The molecule has 1 atom stereocenters. The highest BCUT2D eigenvalue weighted by molar-refractivity contribution is 7.85. The number of hydrogen-bond donors (Lipinski definition) is 3. The zero-order valence-corrected chi connectivity index (χ0v) is 19.2. The van der Waals surface area contributed by atoms with Crippen molar-refractivity contribution in [1.29, 1.82) is 0 Å². The molecule has 0 aliphatic heterocycles. The van der Waals surface area contributed by atoms with Crippen LogP contribution in [-0.4, -0.2) is 35.3 Å². The lowest BCUT2D eigenvalue weighted by Crippen LogP contribution is -2.04. The van der Waals surface area contributed by atoms with E-state index in [-0.39, 0.29) is 17.4 Å². The van der Waals surface area contributed by atoms with E-state index < -0.39 is 16.1 Å². The molecule has 0 aromatic heterocycles. The van der Waals surface area contributed by atoms with Crippen molar-refractivity contribution in [3.05, 3.63) is 42.0 Å². The van der Waals surface area contributed by atoms with Crippen LogP contribution in [0.15, 0.2) is 41.3 Å². The van der Waals surface area contributed by atoms with Gasteiger partial charge in [-0.05, 0) is 56.6 Å². The molecule has 0 aliphatic carbocycles. The predicted octanol–water partition coefficient (Wildman–Crippen LogP) is 5.55. The lowest BCUT2D eigenvalue weighted by atomic mass is 10.0. The molecule has 0 unspecified atom stereocenters. The molecule has 3 N–H and O–H groups in total. The van der Waals surface area contributed by atoms with Gasteiger partial charge in [0.05, 0.1) is 11.0 Å². The Bertz CT molecular complexity index is 757. The largest absolute Gasteiger partial charge is 0.481 e. The van der Waals surface area contributed by atoms with Crippen molar-refractivity contribution in [2.75, 3.05) is 0 Å². The Balaban J connectivity index is 2.02. The minimum Gasteiger partial charge on any atom is -0.481 e. The molecule has 0 radical (unpaired) electrons. The smallest absolute Gasteiger partial charge is 0.303 e. The Morgan fingerprint density at radius 1 is 0.903 bits per heavy atom. The average Bonchev–Trinajstić information content (AvgIpc) is 2.71. The Hall–Kier alpha value is -1.70. The van der Waals surface area contributed by atoms with Crippen LogP contribution in [0, 0.1) is 0 Å². The summed E-state index contributed by atoms with van der Waals surface area (Å²) in [5, 5.41) is 18.6. The molecule has 0 fully saturated rings. The second-order valence-corrected chi connectivity index (χ2v) is 9.49. The van der Waals surface area contributed by atoms with Crippen LogP contribution in [-0.2, 0) is 21.3 Å². The molecule has 176 valence electrons. The number of aliphatic carboxylic acids is 1. The molecule has 0 amide bonds. The first kappa shape index (κ1) is 27.3. The monoisotopic (exact) mass is 454 g/mol. The molecule has 1 aromatic rings. The van der Waals surface area contributed by atoms with E-state index in [1.807, 2.05) is 6.08 Å². The average molecular weight is 455 g/mol. The molecule has 0 heterocycles. The highest BCUT2D eigenvalue weighted by atomic mass is 32.2. The molecule has 7 heteroatoms. The highest BCUT2D eigenvalue weighted by Crippen LogP contribution is 2.18. The van der Waals surface area contributed by atoms with Crippen LogP contribution in [0.3, 0.4) is 0 Å². The number of allylic oxidation sites excluding steroid dienone is 1. The van der Waals surface area contributed by atoms with Gasteiger partial charge in [-0.2, -0.15) is 8.42 Å².